The van der Waals surface area contributed by atoms with E-state index in [1.165, 1.54) is 0 Å². The average Bonchev–Trinajstić information content (AvgIpc) is 2.48. The van der Waals surface area contributed by atoms with E-state index in [0.29, 0.717) is 0 Å². The van der Waals surface area contributed by atoms with Gasteiger partial charge in [0.1, 0.15) is 0 Å². The second kappa shape index (κ2) is 11.5. The third-order valence-electron chi connectivity index (χ3n) is 3.06. The summed E-state index contributed by atoms with van der Waals surface area (Å²) in [4.78, 5) is 0. The zero-order valence-corrected chi connectivity index (χ0v) is 28.5. The van der Waals surface area contributed by atoms with Crippen molar-refractivity contribution in [3.8, 4) is 0 Å². The predicted molar refractivity (Wildman–Crippen MR) is 122 cm³/mol. The predicted octanol–water partition coefficient (Wildman–Crippen LogP) is -0.224. The quantitative estimate of drug-likeness (QED) is 0.280. The van der Waals surface area contributed by atoms with E-state index in [1.807, 2.05) is 39.3 Å². The highest BCUT2D eigenvalue weighted by molar-refractivity contribution is 7.68. The summed E-state index contributed by atoms with van der Waals surface area (Å²) in [5.74, 6) is 0. The molecule has 1 unspecified atom stereocenters. The van der Waals surface area contributed by atoms with Gasteiger partial charge < -0.3 is 38.8 Å². The summed E-state index contributed by atoms with van der Waals surface area (Å²) in [6.07, 6.45) is 0. The van der Waals surface area contributed by atoms with E-state index < -0.39 is 83.1 Å². The fraction of sp³-hybridized carbons (Fsp3) is 1.00. The molecule has 0 aromatic heterocycles. The Hall–Kier alpha value is 0.849. The molecule has 0 spiro atoms. The number of hydrogen-bond acceptors (Lipinski definition) is 9. The van der Waals surface area contributed by atoms with Crippen molar-refractivity contribution in [3.63, 3.8) is 0 Å². The normalized spacial score (nSPS) is 14.0. The summed E-state index contributed by atoms with van der Waals surface area (Å²) in [6.45, 7) is 16.8. The summed E-state index contributed by atoms with van der Waals surface area (Å²) < 4.78 is 84.5. The fourth-order valence-corrected chi connectivity index (χ4v) is 64.3. The van der Waals surface area contributed by atoms with Gasteiger partial charge in [-0.3, -0.25) is 0 Å². The van der Waals surface area contributed by atoms with Crippen molar-refractivity contribution in [2.45, 2.75) is 58.9 Å². The lowest BCUT2D eigenvalue weighted by atomic mass is 11.8. The molecule has 0 rings (SSSR count). The Kier molecular flexibility index (Phi) is 11.8. The summed E-state index contributed by atoms with van der Waals surface area (Å²) in [5.41, 5.74) is 0. The van der Waals surface area contributed by atoms with E-state index in [2.05, 4.69) is 0 Å². The molecule has 0 radical (unpaired) electrons. The monoisotopic (exact) mass is 562 g/mol. The first kappa shape index (κ1) is 28.8. The van der Waals surface area contributed by atoms with Crippen LogP contribution in [0.1, 0.15) is 0 Å². The van der Waals surface area contributed by atoms with Gasteiger partial charge in [-0.15, -0.1) is 0 Å². The van der Waals surface area contributed by atoms with Gasteiger partial charge in [-0.1, -0.05) is 0 Å². The molecule has 0 aliphatic rings. The largest absolute Gasteiger partial charge is 0.560 e. The van der Waals surface area contributed by atoms with Crippen molar-refractivity contribution in [3.05, 3.63) is 0 Å². The van der Waals surface area contributed by atoms with E-state index in [0.717, 1.165) is 0 Å². The van der Waals surface area contributed by atoms with Crippen LogP contribution in [0.5, 0.6) is 0 Å². The van der Waals surface area contributed by atoms with Gasteiger partial charge in [-0.2, -0.15) is 0 Å². The zero-order valence-electron chi connectivity index (χ0n) is 18.0. The molecule has 0 heterocycles. The fourth-order valence-electron chi connectivity index (χ4n) is 1.72. The highest BCUT2D eigenvalue weighted by Crippen LogP contribution is 2.08. The molecule has 0 N–H and O–H groups in total. The van der Waals surface area contributed by atoms with Crippen molar-refractivity contribution in [1.29, 1.82) is 0 Å². The van der Waals surface area contributed by atoms with E-state index in [-0.39, 0.29) is 0 Å². The van der Waals surface area contributed by atoms with Crippen LogP contribution in [0.25, 0.3) is 0 Å². The molecule has 9 nitrogen and oxygen atoms in total. The molecular weight excluding hydrogens is 533 g/mol. The van der Waals surface area contributed by atoms with Gasteiger partial charge in [0.2, 0.25) is 7.83 Å². The molecule has 0 amide bonds. The van der Waals surface area contributed by atoms with Crippen LogP contribution >= 0.6 is 0 Å². The minimum atomic E-state index is -3.27. The maximum absolute atomic E-state index is 12.7. The Labute approximate surface area is 180 Å². The Balaban J connectivity index is 4.93. The molecule has 0 bridgehead atoms. The van der Waals surface area contributed by atoms with Gasteiger partial charge in [0.15, 0.2) is 16.6 Å². The lowest BCUT2D eigenvalue weighted by Crippen LogP contribution is -2.56. The van der Waals surface area contributed by atoms with Gasteiger partial charge in [0, 0.05) is 0 Å². The maximum atomic E-state index is 12.7. The molecule has 160 valence electrons. The van der Waals surface area contributed by atoms with Crippen LogP contribution in [0, 0.1) is 0 Å². The van der Waals surface area contributed by atoms with E-state index >= 15 is 0 Å². The third-order valence-corrected chi connectivity index (χ3v) is 56.1. The van der Waals surface area contributed by atoms with E-state index in [9.17, 15) is 22.3 Å². The molecule has 0 aromatic rings. The van der Waals surface area contributed by atoms with Gasteiger partial charge in [-0.05, 0) is 58.9 Å². The molecule has 0 aliphatic carbocycles. The van der Waals surface area contributed by atoms with Crippen LogP contribution in [0.4, 0.5) is 0 Å². The summed E-state index contributed by atoms with van der Waals surface area (Å²) in [7, 11) is -25.9. The standard InChI is InChI=1S/C9H30O9Si10/c1-20(18-27(5,6)7)17-21(10)22(11)23(12)24(13)25(14)28(8,9)16-19-15-26(2,3)4/h20H,19H2,1-9H3. The topological polar surface area (TPSA) is 122 Å². The lowest BCUT2D eigenvalue weighted by molar-refractivity contribution is 0.403. The summed E-state index contributed by atoms with van der Waals surface area (Å²) in [6, 6.07) is 0. The SMILES string of the molecule is C[SiH](O[Si](=O)[Si](=O)[Si](=O)[Si](=O)[Si](=O)[Si](C)(C)O[SiH2]O[Si](C)(C)C)O[Si](C)(C)C. The highest BCUT2D eigenvalue weighted by Gasteiger charge is 2.50. The summed E-state index contributed by atoms with van der Waals surface area (Å²) in [5, 5.41) is 0. The van der Waals surface area contributed by atoms with Crippen LogP contribution in [0.2, 0.25) is 58.9 Å². The first-order valence-corrected chi connectivity index (χ1v) is 33.6. The van der Waals surface area contributed by atoms with Gasteiger partial charge >= 0.3 is 48.6 Å². The molecule has 0 saturated heterocycles. The highest BCUT2D eigenvalue weighted by atomic mass is 29.9. The van der Waals surface area contributed by atoms with Crippen molar-refractivity contribution in [2.75, 3.05) is 0 Å². The Morgan fingerprint density at radius 1 is 0.714 bits per heavy atom. The van der Waals surface area contributed by atoms with Crippen molar-refractivity contribution in [2.24, 2.45) is 0 Å². The van der Waals surface area contributed by atoms with Crippen LogP contribution in [0.3, 0.4) is 0 Å². The molecule has 28 heavy (non-hydrogen) atoms. The minimum absolute atomic E-state index is 1.38. The van der Waals surface area contributed by atoms with Gasteiger partial charge in [0.25, 0.3) is 10.0 Å². The smallest absolute Gasteiger partial charge is 0.533 e. The second-order valence-corrected chi connectivity index (χ2v) is 50.5. The molecule has 0 fully saturated rings. The first-order valence-electron chi connectivity index (χ1n) is 8.71. The van der Waals surface area contributed by atoms with E-state index in [4.69, 9.17) is 16.5 Å². The third kappa shape index (κ3) is 11.3. The zero-order chi connectivity index (χ0) is 22.5. The van der Waals surface area contributed by atoms with Crippen LogP contribution in [-0.4, -0.2) is 83.1 Å². The lowest BCUT2D eigenvalue weighted by Gasteiger charge is -2.23. The molecule has 0 aromatic carbocycles. The number of hydrogen-bond donors (Lipinski definition) is 0. The molecular formula is C9H30O9Si10. The number of rotatable bonds is 13. The second-order valence-electron chi connectivity index (χ2n) is 8.55. The molecule has 0 aliphatic heterocycles. The van der Waals surface area contributed by atoms with E-state index in [1.54, 1.807) is 19.6 Å². The van der Waals surface area contributed by atoms with Crippen molar-refractivity contribution >= 4 is 83.1 Å². The molecule has 1 atom stereocenters. The van der Waals surface area contributed by atoms with Crippen LogP contribution in [-0.2, 0) is 38.8 Å². The minimum Gasteiger partial charge on any atom is -0.560 e. The van der Waals surface area contributed by atoms with Gasteiger partial charge in [0.05, 0.1) is 0 Å². The van der Waals surface area contributed by atoms with Crippen molar-refractivity contribution in [1.82, 2.24) is 0 Å². The Bertz CT molecular complexity index is 652. The summed E-state index contributed by atoms with van der Waals surface area (Å²) >= 11 is 0. The molecule has 19 heteroatoms. The first-order chi connectivity index (χ1) is 12.4. The Morgan fingerprint density at radius 3 is 1.64 bits per heavy atom. The van der Waals surface area contributed by atoms with Crippen LogP contribution < -0.4 is 0 Å². The maximum Gasteiger partial charge on any atom is 0.533 e. The average molecular weight is 563 g/mol. The van der Waals surface area contributed by atoms with Gasteiger partial charge in [-0.25, -0.2) is 0 Å². The Morgan fingerprint density at radius 2 is 1.21 bits per heavy atom. The molecule has 0 saturated carbocycles. The van der Waals surface area contributed by atoms with Crippen LogP contribution in [0.15, 0.2) is 0 Å². The van der Waals surface area contributed by atoms with Crippen molar-refractivity contribution < 1.29 is 38.8 Å².